The van der Waals surface area contributed by atoms with E-state index in [1.807, 2.05) is 6.92 Å². The van der Waals surface area contributed by atoms with Crippen LogP contribution in [0.5, 0.6) is 0 Å². The minimum Gasteiger partial charge on any atom is -0.467 e. The van der Waals surface area contributed by atoms with Crippen LogP contribution in [0.3, 0.4) is 0 Å². The summed E-state index contributed by atoms with van der Waals surface area (Å²) in [6, 6.07) is 5.18. The fourth-order valence-electron chi connectivity index (χ4n) is 1.69. The fourth-order valence-corrected chi connectivity index (χ4v) is 1.69. The Hall–Kier alpha value is -2.08. The molecule has 0 saturated carbocycles. The standard InChI is InChI=1S/C12H16N4O2/c1-8(5-9(17)10-3-2-4-18-10)16-12-6-11(13)14-7-15-12/h2-4,6-9,17H,5H2,1H3,(H3,13,14,15,16). The van der Waals surface area contributed by atoms with E-state index >= 15 is 0 Å². The molecule has 0 amide bonds. The van der Waals surface area contributed by atoms with Gasteiger partial charge >= 0.3 is 0 Å². The number of hydrogen-bond acceptors (Lipinski definition) is 6. The lowest BCUT2D eigenvalue weighted by molar-refractivity contribution is 0.136. The largest absolute Gasteiger partial charge is 0.467 e. The van der Waals surface area contributed by atoms with Crippen LogP contribution in [0.4, 0.5) is 11.6 Å². The lowest BCUT2D eigenvalue weighted by Gasteiger charge is -2.17. The Bertz CT molecular complexity index is 487. The molecule has 2 atom stereocenters. The van der Waals surface area contributed by atoms with E-state index in [1.54, 1.807) is 24.5 Å². The second kappa shape index (κ2) is 5.50. The van der Waals surface area contributed by atoms with E-state index in [4.69, 9.17) is 10.2 Å². The number of hydrogen-bond donors (Lipinski definition) is 3. The van der Waals surface area contributed by atoms with Crippen molar-refractivity contribution in [3.05, 3.63) is 36.5 Å². The third-order valence-corrected chi connectivity index (χ3v) is 2.53. The molecule has 0 saturated heterocycles. The minimum absolute atomic E-state index is 0.0272. The predicted octanol–water partition coefficient (Wildman–Crippen LogP) is 1.58. The number of nitrogens with two attached hydrogens (primary N) is 1. The van der Waals surface area contributed by atoms with Crippen molar-refractivity contribution in [3.8, 4) is 0 Å². The van der Waals surface area contributed by atoms with Crippen molar-refractivity contribution >= 4 is 11.6 Å². The Kier molecular flexibility index (Phi) is 3.78. The number of aliphatic hydroxyl groups is 1. The van der Waals surface area contributed by atoms with Crippen LogP contribution in [0.2, 0.25) is 0 Å². The number of nitrogens with one attached hydrogen (secondary N) is 1. The van der Waals surface area contributed by atoms with Crippen LogP contribution < -0.4 is 11.1 Å². The monoisotopic (exact) mass is 248 g/mol. The Morgan fingerprint density at radius 1 is 1.50 bits per heavy atom. The highest BCUT2D eigenvalue weighted by molar-refractivity contribution is 5.43. The van der Waals surface area contributed by atoms with Gasteiger partial charge in [-0.25, -0.2) is 9.97 Å². The van der Waals surface area contributed by atoms with E-state index in [9.17, 15) is 5.11 Å². The van der Waals surface area contributed by atoms with E-state index in [2.05, 4.69) is 15.3 Å². The van der Waals surface area contributed by atoms with Crippen molar-refractivity contribution in [1.82, 2.24) is 9.97 Å². The first kappa shape index (κ1) is 12.4. The number of nitrogen functional groups attached to an aromatic ring is 1. The second-order valence-corrected chi connectivity index (χ2v) is 4.14. The number of anilines is 2. The molecule has 0 fully saturated rings. The first-order valence-electron chi connectivity index (χ1n) is 5.70. The quantitative estimate of drug-likeness (QED) is 0.743. The predicted molar refractivity (Wildman–Crippen MR) is 67.8 cm³/mol. The summed E-state index contributed by atoms with van der Waals surface area (Å²) in [5.74, 6) is 1.61. The van der Waals surface area contributed by atoms with Crippen LogP contribution in [-0.4, -0.2) is 21.1 Å². The van der Waals surface area contributed by atoms with Crippen molar-refractivity contribution in [2.75, 3.05) is 11.1 Å². The van der Waals surface area contributed by atoms with Gasteiger partial charge in [-0.2, -0.15) is 0 Å². The van der Waals surface area contributed by atoms with Gasteiger partial charge in [-0.05, 0) is 19.1 Å². The number of aliphatic hydroxyl groups excluding tert-OH is 1. The minimum atomic E-state index is -0.637. The van der Waals surface area contributed by atoms with Gasteiger partial charge in [0, 0.05) is 18.5 Å². The summed E-state index contributed by atoms with van der Waals surface area (Å²) in [7, 11) is 0. The zero-order valence-electron chi connectivity index (χ0n) is 10.1. The molecule has 6 heteroatoms. The molecule has 0 aromatic carbocycles. The highest BCUT2D eigenvalue weighted by atomic mass is 16.4. The number of aromatic nitrogens is 2. The Morgan fingerprint density at radius 2 is 2.33 bits per heavy atom. The molecular formula is C12H16N4O2. The molecule has 0 aliphatic rings. The molecule has 0 radical (unpaired) electrons. The molecular weight excluding hydrogens is 232 g/mol. The van der Waals surface area contributed by atoms with Crippen LogP contribution in [0, 0.1) is 0 Å². The van der Waals surface area contributed by atoms with Crippen molar-refractivity contribution in [2.24, 2.45) is 0 Å². The van der Waals surface area contributed by atoms with E-state index in [0.717, 1.165) is 0 Å². The van der Waals surface area contributed by atoms with Gasteiger partial charge in [0.25, 0.3) is 0 Å². The van der Waals surface area contributed by atoms with Gasteiger partial charge in [-0.3, -0.25) is 0 Å². The Morgan fingerprint density at radius 3 is 3.00 bits per heavy atom. The van der Waals surface area contributed by atoms with Gasteiger partial charge in [0.15, 0.2) is 0 Å². The van der Waals surface area contributed by atoms with Crippen LogP contribution in [0.15, 0.2) is 35.2 Å². The zero-order chi connectivity index (χ0) is 13.0. The molecule has 0 spiro atoms. The van der Waals surface area contributed by atoms with Crippen molar-refractivity contribution < 1.29 is 9.52 Å². The molecule has 2 aromatic rings. The molecule has 6 nitrogen and oxygen atoms in total. The highest BCUT2D eigenvalue weighted by Crippen LogP contribution is 2.20. The molecule has 0 aliphatic heterocycles. The van der Waals surface area contributed by atoms with E-state index in [-0.39, 0.29) is 6.04 Å². The fraction of sp³-hybridized carbons (Fsp3) is 0.333. The van der Waals surface area contributed by atoms with Gasteiger partial charge in [0.1, 0.15) is 29.8 Å². The van der Waals surface area contributed by atoms with Crippen LogP contribution in [0.1, 0.15) is 25.2 Å². The van der Waals surface area contributed by atoms with Gasteiger partial charge in [-0.15, -0.1) is 0 Å². The maximum atomic E-state index is 9.92. The summed E-state index contributed by atoms with van der Waals surface area (Å²) in [6.07, 6.45) is 2.81. The number of rotatable bonds is 5. The molecule has 18 heavy (non-hydrogen) atoms. The van der Waals surface area contributed by atoms with Crippen LogP contribution >= 0.6 is 0 Å². The van der Waals surface area contributed by atoms with Gasteiger partial charge < -0.3 is 20.6 Å². The molecule has 0 bridgehead atoms. The first-order chi connectivity index (χ1) is 8.65. The average molecular weight is 248 g/mol. The van der Waals surface area contributed by atoms with E-state index in [1.165, 1.54) is 6.33 Å². The zero-order valence-corrected chi connectivity index (χ0v) is 10.1. The maximum absolute atomic E-state index is 9.92. The third kappa shape index (κ3) is 3.21. The smallest absolute Gasteiger partial charge is 0.132 e. The summed E-state index contributed by atoms with van der Waals surface area (Å²) in [5, 5.41) is 13.1. The van der Waals surface area contributed by atoms with Gasteiger partial charge in [0.05, 0.1) is 6.26 Å². The summed E-state index contributed by atoms with van der Waals surface area (Å²) in [5.41, 5.74) is 5.56. The normalized spacial score (nSPS) is 14.1. The lowest BCUT2D eigenvalue weighted by Crippen LogP contribution is -2.19. The lowest BCUT2D eigenvalue weighted by atomic mass is 10.1. The van der Waals surface area contributed by atoms with Crippen LogP contribution in [0.25, 0.3) is 0 Å². The Balaban J connectivity index is 1.91. The first-order valence-corrected chi connectivity index (χ1v) is 5.70. The second-order valence-electron chi connectivity index (χ2n) is 4.14. The maximum Gasteiger partial charge on any atom is 0.132 e. The average Bonchev–Trinajstić information content (AvgIpc) is 2.81. The molecule has 2 unspecified atom stereocenters. The summed E-state index contributed by atoms with van der Waals surface area (Å²) in [6.45, 7) is 1.95. The summed E-state index contributed by atoms with van der Waals surface area (Å²) < 4.78 is 5.14. The molecule has 4 N–H and O–H groups in total. The molecule has 0 aliphatic carbocycles. The van der Waals surface area contributed by atoms with Crippen molar-refractivity contribution in [2.45, 2.75) is 25.5 Å². The highest BCUT2D eigenvalue weighted by Gasteiger charge is 2.14. The molecule has 2 aromatic heterocycles. The molecule has 2 heterocycles. The van der Waals surface area contributed by atoms with Gasteiger partial charge in [-0.1, -0.05) is 0 Å². The molecule has 96 valence electrons. The van der Waals surface area contributed by atoms with E-state index < -0.39 is 6.10 Å². The van der Waals surface area contributed by atoms with E-state index in [0.29, 0.717) is 23.8 Å². The summed E-state index contributed by atoms with van der Waals surface area (Å²) >= 11 is 0. The third-order valence-electron chi connectivity index (χ3n) is 2.53. The molecule has 2 rings (SSSR count). The number of furan rings is 1. The SMILES string of the molecule is CC(CC(O)c1ccco1)Nc1cc(N)ncn1. The Labute approximate surface area is 105 Å². The topological polar surface area (TPSA) is 97.2 Å². The van der Waals surface area contributed by atoms with Crippen LogP contribution in [-0.2, 0) is 0 Å². The summed E-state index contributed by atoms with van der Waals surface area (Å²) in [4.78, 5) is 7.85. The van der Waals surface area contributed by atoms with Crippen molar-refractivity contribution in [3.63, 3.8) is 0 Å². The van der Waals surface area contributed by atoms with Crippen molar-refractivity contribution in [1.29, 1.82) is 0 Å². The number of nitrogens with zero attached hydrogens (tertiary/aromatic N) is 2. The van der Waals surface area contributed by atoms with Gasteiger partial charge in [0.2, 0.25) is 0 Å².